The number of rotatable bonds is 1. The van der Waals surface area contributed by atoms with Crippen LogP contribution < -0.4 is 4.90 Å². The van der Waals surface area contributed by atoms with Crippen LogP contribution in [0.25, 0.3) is 5.65 Å². The van der Waals surface area contributed by atoms with Crippen molar-refractivity contribution >= 4 is 33.9 Å². The third-order valence-corrected chi connectivity index (χ3v) is 2.76. The summed E-state index contributed by atoms with van der Waals surface area (Å²) in [5.41, 5.74) is 2.18. The second kappa shape index (κ2) is 3.17. The molecule has 0 bridgehead atoms. The maximum atomic E-state index is 4.26. The minimum absolute atomic E-state index is 0.995. The van der Waals surface area contributed by atoms with Gasteiger partial charge in [0.25, 0.3) is 0 Å². The van der Waals surface area contributed by atoms with E-state index in [9.17, 15) is 0 Å². The van der Waals surface area contributed by atoms with Gasteiger partial charge in [-0.1, -0.05) is 0 Å². The van der Waals surface area contributed by atoms with Crippen molar-refractivity contribution < 1.29 is 0 Å². The Morgan fingerprint density at radius 2 is 2.15 bits per heavy atom. The Morgan fingerprint density at radius 1 is 1.38 bits per heavy atom. The summed E-state index contributed by atoms with van der Waals surface area (Å²) in [4.78, 5) is 6.33. The van der Waals surface area contributed by atoms with E-state index < -0.39 is 0 Å². The van der Waals surface area contributed by atoms with Crippen molar-refractivity contribution in [2.45, 2.75) is 0 Å². The Hall–Kier alpha value is -0.780. The Morgan fingerprint density at radius 3 is 2.85 bits per heavy atom. The summed E-state index contributed by atoms with van der Waals surface area (Å²) in [5.74, 6) is 0. The van der Waals surface area contributed by atoms with Crippen molar-refractivity contribution in [3.05, 3.63) is 28.2 Å². The number of aromatic nitrogens is 2. The maximum Gasteiger partial charge on any atom is 0.137 e. The zero-order valence-electron chi connectivity index (χ0n) is 7.53. The lowest BCUT2D eigenvalue weighted by atomic mass is 10.4. The predicted octanol–water partition coefficient (Wildman–Crippen LogP) is 2.00. The summed E-state index contributed by atoms with van der Waals surface area (Å²) in [6.45, 7) is 0. The summed E-state index contributed by atoms with van der Waals surface area (Å²) in [6, 6.07) is 4.09. The third kappa shape index (κ3) is 1.50. The molecule has 0 atom stereocenters. The molecule has 0 radical (unpaired) electrons. The highest BCUT2D eigenvalue weighted by molar-refractivity contribution is 14.1. The highest BCUT2D eigenvalue weighted by atomic mass is 127. The van der Waals surface area contributed by atoms with E-state index in [1.807, 2.05) is 26.4 Å². The van der Waals surface area contributed by atoms with Crippen molar-refractivity contribution in [2.75, 3.05) is 19.0 Å². The normalized spacial score (nSPS) is 10.7. The van der Waals surface area contributed by atoms with E-state index in [0.29, 0.717) is 0 Å². The zero-order chi connectivity index (χ0) is 9.42. The Bertz CT molecular complexity index is 433. The molecule has 2 rings (SSSR count). The van der Waals surface area contributed by atoms with E-state index in [0.717, 1.165) is 9.35 Å². The average Bonchev–Trinajstić information content (AvgIpc) is 2.47. The summed E-state index contributed by atoms with van der Waals surface area (Å²) in [5, 5.41) is 0. The molecule has 0 N–H and O–H groups in total. The zero-order valence-corrected chi connectivity index (χ0v) is 9.69. The van der Waals surface area contributed by atoms with E-state index in [2.05, 4.69) is 49.1 Å². The number of imidazole rings is 1. The molecule has 0 fully saturated rings. The van der Waals surface area contributed by atoms with Crippen molar-refractivity contribution in [1.29, 1.82) is 0 Å². The van der Waals surface area contributed by atoms with Crippen LogP contribution in [0, 0.1) is 3.70 Å². The van der Waals surface area contributed by atoms with Gasteiger partial charge in [-0.05, 0) is 34.7 Å². The van der Waals surface area contributed by atoms with Gasteiger partial charge >= 0.3 is 0 Å². The van der Waals surface area contributed by atoms with Gasteiger partial charge in [0.1, 0.15) is 9.35 Å². The molecule has 0 aromatic carbocycles. The first-order chi connectivity index (χ1) is 6.18. The lowest BCUT2D eigenvalue weighted by Gasteiger charge is -2.12. The summed E-state index contributed by atoms with van der Waals surface area (Å²) >= 11 is 2.28. The summed E-state index contributed by atoms with van der Waals surface area (Å²) < 4.78 is 3.21. The van der Waals surface area contributed by atoms with Gasteiger partial charge in [0.2, 0.25) is 0 Å². The van der Waals surface area contributed by atoms with Gasteiger partial charge in [0, 0.05) is 20.3 Å². The standard InChI is InChI=1S/C9H10IN3/c1-12(2)7-3-4-9-11-5-8(10)13(9)6-7/h3-6H,1-2H3. The molecule has 13 heavy (non-hydrogen) atoms. The molecular weight excluding hydrogens is 277 g/mol. The fourth-order valence-electron chi connectivity index (χ4n) is 1.20. The van der Waals surface area contributed by atoms with Gasteiger partial charge in [0.05, 0.1) is 11.9 Å². The molecule has 0 saturated heterocycles. The highest BCUT2D eigenvalue weighted by Crippen LogP contribution is 2.15. The van der Waals surface area contributed by atoms with Crippen LogP contribution in [0.5, 0.6) is 0 Å². The number of halogens is 1. The fourth-order valence-corrected chi connectivity index (χ4v) is 1.73. The first kappa shape index (κ1) is 8.80. The molecule has 4 heteroatoms. The Labute approximate surface area is 90.5 Å². The molecule has 2 aromatic heterocycles. The predicted molar refractivity (Wildman–Crippen MR) is 62.2 cm³/mol. The average molecular weight is 287 g/mol. The van der Waals surface area contributed by atoms with Gasteiger partial charge in [0.15, 0.2) is 0 Å². The summed E-state index contributed by atoms with van der Waals surface area (Å²) in [7, 11) is 4.07. The maximum absolute atomic E-state index is 4.26. The number of nitrogens with zero attached hydrogens (tertiary/aromatic N) is 3. The largest absolute Gasteiger partial charge is 0.376 e. The summed E-state index contributed by atoms with van der Waals surface area (Å²) in [6.07, 6.45) is 3.96. The van der Waals surface area contributed by atoms with Crippen LogP contribution >= 0.6 is 22.6 Å². The molecule has 0 amide bonds. The minimum atomic E-state index is 0.995. The lowest BCUT2D eigenvalue weighted by molar-refractivity contribution is 1.07. The number of hydrogen-bond donors (Lipinski definition) is 0. The van der Waals surface area contributed by atoms with Gasteiger partial charge in [-0.2, -0.15) is 0 Å². The number of hydrogen-bond acceptors (Lipinski definition) is 2. The Balaban J connectivity index is 2.66. The molecule has 0 aliphatic carbocycles. The quantitative estimate of drug-likeness (QED) is 0.748. The van der Waals surface area contributed by atoms with Crippen LogP contribution in [0.2, 0.25) is 0 Å². The second-order valence-electron chi connectivity index (χ2n) is 3.09. The number of pyridine rings is 1. The molecule has 0 aliphatic heterocycles. The molecule has 68 valence electrons. The smallest absolute Gasteiger partial charge is 0.137 e. The SMILES string of the molecule is CN(C)c1ccc2ncc(I)n2c1. The van der Waals surface area contributed by atoms with Crippen LogP contribution in [0.1, 0.15) is 0 Å². The van der Waals surface area contributed by atoms with E-state index in [1.54, 1.807) is 0 Å². The van der Waals surface area contributed by atoms with E-state index >= 15 is 0 Å². The first-order valence-corrected chi connectivity index (χ1v) is 5.06. The molecule has 0 spiro atoms. The second-order valence-corrected chi connectivity index (χ2v) is 4.20. The van der Waals surface area contributed by atoms with Crippen LogP contribution in [-0.2, 0) is 0 Å². The van der Waals surface area contributed by atoms with Crippen LogP contribution in [0.4, 0.5) is 5.69 Å². The van der Waals surface area contributed by atoms with E-state index in [1.165, 1.54) is 5.69 Å². The third-order valence-electron chi connectivity index (χ3n) is 1.96. The highest BCUT2D eigenvalue weighted by Gasteiger charge is 2.01. The van der Waals surface area contributed by atoms with Crippen molar-refractivity contribution in [1.82, 2.24) is 9.38 Å². The minimum Gasteiger partial charge on any atom is -0.376 e. The van der Waals surface area contributed by atoms with Gasteiger partial charge < -0.3 is 4.90 Å². The lowest BCUT2D eigenvalue weighted by Crippen LogP contribution is -2.09. The molecule has 0 aliphatic rings. The van der Waals surface area contributed by atoms with Gasteiger partial charge in [-0.3, -0.25) is 4.40 Å². The molecule has 3 nitrogen and oxygen atoms in total. The topological polar surface area (TPSA) is 20.5 Å². The molecule has 0 saturated carbocycles. The van der Waals surface area contributed by atoms with E-state index in [-0.39, 0.29) is 0 Å². The number of fused-ring (bicyclic) bond motifs is 1. The van der Waals surface area contributed by atoms with Gasteiger partial charge in [-0.25, -0.2) is 4.98 Å². The molecule has 2 heterocycles. The van der Waals surface area contributed by atoms with Gasteiger partial charge in [-0.15, -0.1) is 0 Å². The van der Waals surface area contributed by atoms with E-state index in [4.69, 9.17) is 0 Å². The first-order valence-electron chi connectivity index (χ1n) is 3.98. The molecule has 0 unspecified atom stereocenters. The van der Waals surface area contributed by atoms with Crippen molar-refractivity contribution in [3.63, 3.8) is 0 Å². The van der Waals surface area contributed by atoms with Crippen molar-refractivity contribution in [3.8, 4) is 0 Å². The van der Waals surface area contributed by atoms with Crippen LogP contribution in [-0.4, -0.2) is 23.5 Å². The fraction of sp³-hybridized carbons (Fsp3) is 0.222. The number of anilines is 1. The molecule has 2 aromatic rings. The van der Waals surface area contributed by atoms with Crippen molar-refractivity contribution in [2.24, 2.45) is 0 Å². The van der Waals surface area contributed by atoms with Crippen LogP contribution in [0.3, 0.4) is 0 Å². The monoisotopic (exact) mass is 287 g/mol. The Kier molecular flexibility index (Phi) is 2.15. The van der Waals surface area contributed by atoms with Crippen LogP contribution in [0.15, 0.2) is 24.5 Å². The molecular formula is C9H10IN3.